The Labute approximate surface area is 198 Å². The largest absolute Gasteiger partial charge is 0.352 e. The number of aromatic nitrogens is 2. The number of hydrogen-bond acceptors (Lipinski definition) is 4. The molecule has 0 bridgehead atoms. The summed E-state index contributed by atoms with van der Waals surface area (Å²) in [5, 5.41) is 8.17. The molecule has 4 rings (SSSR count). The van der Waals surface area contributed by atoms with Crippen LogP contribution in [0.3, 0.4) is 0 Å². The number of rotatable bonds is 7. The first-order valence-electron chi connectivity index (χ1n) is 10.9. The predicted molar refractivity (Wildman–Crippen MR) is 130 cm³/mol. The first-order chi connectivity index (χ1) is 16.0. The Morgan fingerprint density at radius 2 is 1.73 bits per heavy atom. The van der Waals surface area contributed by atoms with Gasteiger partial charge >= 0.3 is 0 Å². The molecule has 0 aliphatic carbocycles. The summed E-state index contributed by atoms with van der Waals surface area (Å²) >= 11 is 6.03. The van der Waals surface area contributed by atoms with Crippen molar-refractivity contribution in [2.45, 2.75) is 0 Å². The van der Waals surface area contributed by atoms with Crippen LogP contribution in [-0.4, -0.2) is 70.7 Å². The number of benzene rings is 2. The SMILES string of the molecule is C=CCNC(=O)CN1CCN(C(=O)c2cc(-c3ccc(Cl)cc3)nn2-c2ccccc2)CC1. The van der Waals surface area contributed by atoms with Crippen molar-refractivity contribution in [2.75, 3.05) is 39.3 Å². The number of carbonyl (C=O) groups excluding carboxylic acids is 2. The highest BCUT2D eigenvalue weighted by molar-refractivity contribution is 6.30. The zero-order valence-electron chi connectivity index (χ0n) is 18.3. The summed E-state index contributed by atoms with van der Waals surface area (Å²) in [7, 11) is 0. The van der Waals surface area contributed by atoms with Crippen molar-refractivity contribution in [3.8, 4) is 16.9 Å². The number of hydrogen-bond donors (Lipinski definition) is 1. The van der Waals surface area contributed by atoms with E-state index in [9.17, 15) is 9.59 Å². The number of piperazine rings is 1. The van der Waals surface area contributed by atoms with Gasteiger partial charge in [0.05, 0.1) is 17.9 Å². The van der Waals surface area contributed by atoms with Gasteiger partial charge in [0.15, 0.2) is 0 Å². The van der Waals surface area contributed by atoms with Gasteiger partial charge in [0.2, 0.25) is 5.91 Å². The second kappa shape index (κ2) is 10.5. The van der Waals surface area contributed by atoms with Crippen LogP contribution in [0.2, 0.25) is 5.02 Å². The van der Waals surface area contributed by atoms with Crippen LogP contribution in [0.1, 0.15) is 10.5 Å². The van der Waals surface area contributed by atoms with Crippen LogP contribution in [0.5, 0.6) is 0 Å². The minimum atomic E-state index is -0.0812. The Kier molecular flexibility index (Phi) is 7.22. The summed E-state index contributed by atoms with van der Waals surface area (Å²) in [6.07, 6.45) is 1.66. The van der Waals surface area contributed by atoms with Gasteiger partial charge in [0, 0.05) is 43.3 Å². The van der Waals surface area contributed by atoms with Gasteiger partial charge in [-0.25, -0.2) is 4.68 Å². The van der Waals surface area contributed by atoms with E-state index in [1.165, 1.54) is 0 Å². The second-order valence-electron chi connectivity index (χ2n) is 7.83. The van der Waals surface area contributed by atoms with Crippen molar-refractivity contribution in [3.63, 3.8) is 0 Å². The molecule has 2 aromatic carbocycles. The van der Waals surface area contributed by atoms with Crippen molar-refractivity contribution in [1.29, 1.82) is 0 Å². The molecule has 3 aromatic rings. The Morgan fingerprint density at radius 1 is 1.03 bits per heavy atom. The van der Waals surface area contributed by atoms with E-state index in [1.807, 2.05) is 65.6 Å². The van der Waals surface area contributed by atoms with E-state index in [4.69, 9.17) is 16.7 Å². The van der Waals surface area contributed by atoms with E-state index < -0.39 is 0 Å². The summed E-state index contributed by atoms with van der Waals surface area (Å²) in [4.78, 5) is 29.3. The third kappa shape index (κ3) is 5.50. The third-order valence-corrected chi connectivity index (χ3v) is 5.79. The highest BCUT2D eigenvalue weighted by Crippen LogP contribution is 2.24. The molecule has 170 valence electrons. The lowest BCUT2D eigenvalue weighted by atomic mass is 10.1. The van der Waals surface area contributed by atoms with E-state index in [2.05, 4.69) is 16.8 Å². The van der Waals surface area contributed by atoms with Crippen molar-refractivity contribution in [2.24, 2.45) is 0 Å². The maximum absolute atomic E-state index is 13.5. The summed E-state index contributed by atoms with van der Waals surface area (Å²) in [5.41, 5.74) is 2.91. The lowest BCUT2D eigenvalue weighted by molar-refractivity contribution is -0.122. The number of halogens is 1. The van der Waals surface area contributed by atoms with Gasteiger partial charge in [-0.15, -0.1) is 6.58 Å². The summed E-state index contributed by atoms with van der Waals surface area (Å²) < 4.78 is 1.70. The smallest absolute Gasteiger partial charge is 0.272 e. The van der Waals surface area contributed by atoms with E-state index in [-0.39, 0.29) is 11.8 Å². The van der Waals surface area contributed by atoms with Crippen molar-refractivity contribution < 1.29 is 9.59 Å². The molecule has 0 saturated carbocycles. The lowest BCUT2D eigenvalue weighted by Gasteiger charge is -2.34. The van der Waals surface area contributed by atoms with Crippen LogP contribution in [0.25, 0.3) is 16.9 Å². The molecule has 2 amide bonds. The van der Waals surface area contributed by atoms with E-state index in [0.29, 0.717) is 55.7 Å². The molecule has 1 aliphatic heterocycles. The molecular weight excluding hydrogens is 438 g/mol. The monoisotopic (exact) mass is 463 g/mol. The Balaban J connectivity index is 1.53. The van der Waals surface area contributed by atoms with Gasteiger partial charge < -0.3 is 10.2 Å². The fraction of sp³-hybridized carbons (Fsp3) is 0.240. The molecule has 0 spiro atoms. The average Bonchev–Trinajstić information content (AvgIpc) is 3.29. The quantitative estimate of drug-likeness (QED) is 0.546. The fourth-order valence-electron chi connectivity index (χ4n) is 3.78. The van der Waals surface area contributed by atoms with Crippen LogP contribution in [0, 0.1) is 0 Å². The van der Waals surface area contributed by atoms with Crippen molar-refractivity contribution >= 4 is 23.4 Å². The van der Waals surface area contributed by atoms with Crippen LogP contribution >= 0.6 is 11.6 Å². The molecule has 2 heterocycles. The minimum absolute atomic E-state index is 0.0376. The number of amides is 2. The average molecular weight is 464 g/mol. The molecular formula is C25H26ClN5O2. The zero-order valence-corrected chi connectivity index (χ0v) is 19.0. The zero-order chi connectivity index (χ0) is 23.2. The first kappa shape index (κ1) is 22.8. The standard InChI is InChI=1S/C25H26ClN5O2/c1-2-12-27-24(32)18-29-13-15-30(16-14-29)25(33)23-17-22(19-8-10-20(26)11-9-19)28-31(23)21-6-4-3-5-7-21/h2-11,17H,1,12-16,18H2,(H,27,32). The molecule has 1 aromatic heterocycles. The number of nitrogens with one attached hydrogen (secondary N) is 1. The van der Waals surface area contributed by atoms with E-state index in [0.717, 1.165) is 11.3 Å². The van der Waals surface area contributed by atoms with Crippen LogP contribution in [-0.2, 0) is 4.79 Å². The molecule has 33 heavy (non-hydrogen) atoms. The van der Waals surface area contributed by atoms with Gasteiger partial charge in [-0.05, 0) is 30.3 Å². The van der Waals surface area contributed by atoms with Gasteiger partial charge in [-0.3, -0.25) is 14.5 Å². The topological polar surface area (TPSA) is 70.5 Å². The summed E-state index contributed by atoms with van der Waals surface area (Å²) in [6, 6.07) is 18.9. The van der Waals surface area contributed by atoms with Crippen LogP contribution < -0.4 is 5.32 Å². The maximum atomic E-state index is 13.5. The number of para-hydroxylation sites is 1. The van der Waals surface area contributed by atoms with Gasteiger partial charge in [-0.2, -0.15) is 5.10 Å². The molecule has 1 aliphatic rings. The summed E-state index contributed by atoms with van der Waals surface area (Å²) in [5.74, 6) is -0.119. The highest BCUT2D eigenvalue weighted by Gasteiger charge is 2.27. The first-order valence-corrected chi connectivity index (χ1v) is 11.2. The highest BCUT2D eigenvalue weighted by atomic mass is 35.5. The van der Waals surface area contributed by atoms with E-state index in [1.54, 1.807) is 10.8 Å². The molecule has 0 atom stereocenters. The van der Waals surface area contributed by atoms with Gasteiger partial charge in [-0.1, -0.05) is 48.0 Å². The van der Waals surface area contributed by atoms with Gasteiger partial charge in [0.1, 0.15) is 5.69 Å². The van der Waals surface area contributed by atoms with Crippen LogP contribution in [0.15, 0.2) is 73.3 Å². The van der Waals surface area contributed by atoms with Gasteiger partial charge in [0.25, 0.3) is 5.91 Å². The molecule has 1 saturated heterocycles. The molecule has 0 unspecified atom stereocenters. The van der Waals surface area contributed by atoms with E-state index >= 15 is 0 Å². The third-order valence-electron chi connectivity index (χ3n) is 5.54. The normalized spacial score (nSPS) is 14.2. The molecule has 1 N–H and O–H groups in total. The molecule has 7 nitrogen and oxygen atoms in total. The molecule has 0 radical (unpaired) electrons. The van der Waals surface area contributed by atoms with Crippen molar-refractivity contribution in [3.05, 3.63) is 84.0 Å². The minimum Gasteiger partial charge on any atom is -0.352 e. The fourth-order valence-corrected chi connectivity index (χ4v) is 3.90. The van der Waals surface area contributed by atoms with Crippen LogP contribution in [0.4, 0.5) is 0 Å². The summed E-state index contributed by atoms with van der Waals surface area (Å²) in [6.45, 7) is 6.74. The maximum Gasteiger partial charge on any atom is 0.272 e. The number of nitrogens with zero attached hydrogens (tertiary/aromatic N) is 4. The molecule has 1 fully saturated rings. The Hall–Kier alpha value is -3.42. The second-order valence-corrected chi connectivity index (χ2v) is 8.27. The Morgan fingerprint density at radius 3 is 2.39 bits per heavy atom. The molecule has 8 heteroatoms. The lowest BCUT2D eigenvalue weighted by Crippen LogP contribution is -2.51. The Bertz CT molecular complexity index is 1120. The predicted octanol–water partition coefficient (Wildman–Crippen LogP) is 3.25. The number of carbonyl (C=O) groups is 2. The van der Waals surface area contributed by atoms with Crippen molar-refractivity contribution in [1.82, 2.24) is 24.9 Å².